The molecule has 1 fully saturated rings. The molecule has 1 aliphatic rings. The monoisotopic (exact) mass is 348 g/mol. The maximum atomic E-state index is 13.0. The maximum absolute atomic E-state index is 13.0. The standard InChI is InChI=1S/C15H23F3N4O2/c1-3-5-8-12-19-22(14(24)20(12)4-2)10-13(23)21-9-6-7-11(21)15(16,17)18/h11H,3-10H2,1-2H3. The van der Waals surface area contributed by atoms with Crippen molar-refractivity contribution < 1.29 is 18.0 Å². The molecule has 0 spiro atoms. The summed E-state index contributed by atoms with van der Waals surface area (Å²) in [6.07, 6.45) is -1.81. The molecular weight excluding hydrogens is 325 g/mol. The molecule has 0 aromatic carbocycles. The second-order valence-electron chi connectivity index (χ2n) is 5.99. The molecule has 6 nitrogen and oxygen atoms in total. The van der Waals surface area contributed by atoms with Crippen molar-refractivity contribution in [3.05, 3.63) is 16.3 Å². The van der Waals surface area contributed by atoms with Crippen molar-refractivity contribution in [3.63, 3.8) is 0 Å². The first-order valence-corrected chi connectivity index (χ1v) is 8.32. The molecule has 0 radical (unpaired) electrons. The third-order valence-corrected chi connectivity index (χ3v) is 4.31. The fraction of sp³-hybridized carbons (Fsp3) is 0.800. The van der Waals surface area contributed by atoms with Crippen LogP contribution < -0.4 is 5.69 Å². The van der Waals surface area contributed by atoms with Gasteiger partial charge < -0.3 is 4.90 Å². The zero-order valence-corrected chi connectivity index (χ0v) is 14.0. The summed E-state index contributed by atoms with van der Waals surface area (Å²) in [6.45, 7) is 3.85. The molecule has 0 bridgehead atoms. The molecule has 0 aliphatic carbocycles. The van der Waals surface area contributed by atoms with Crippen molar-refractivity contribution in [2.24, 2.45) is 0 Å². The number of halogens is 3. The third-order valence-electron chi connectivity index (χ3n) is 4.31. The van der Waals surface area contributed by atoms with E-state index in [4.69, 9.17) is 0 Å². The Labute approximate surface area is 138 Å². The third kappa shape index (κ3) is 3.81. The number of likely N-dealkylation sites (tertiary alicyclic amines) is 1. The Kier molecular flexibility index (Phi) is 5.71. The molecule has 1 aromatic heterocycles. The van der Waals surface area contributed by atoms with Crippen LogP contribution in [-0.4, -0.2) is 43.9 Å². The first kappa shape index (κ1) is 18.5. The highest BCUT2D eigenvalue weighted by Gasteiger charge is 2.47. The summed E-state index contributed by atoms with van der Waals surface area (Å²) in [5, 5.41) is 4.16. The molecule has 1 atom stereocenters. The predicted octanol–water partition coefficient (Wildman–Crippen LogP) is 1.96. The number of aryl methyl sites for hydroxylation is 1. The molecule has 2 rings (SSSR count). The summed E-state index contributed by atoms with van der Waals surface area (Å²) in [5.74, 6) is -0.134. The van der Waals surface area contributed by atoms with Crippen LogP contribution in [0.25, 0.3) is 0 Å². The number of carbonyl (C=O) groups is 1. The van der Waals surface area contributed by atoms with E-state index in [0.29, 0.717) is 25.2 Å². The fourth-order valence-electron chi connectivity index (χ4n) is 3.05. The summed E-state index contributed by atoms with van der Waals surface area (Å²) in [7, 11) is 0. The zero-order chi connectivity index (χ0) is 17.9. The average Bonchev–Trinajstić information content (AvgIpc) is 3.10. The highest BCUT2D eigenvalue weighted by molar-refractivity contribution is 5.76. The minimum atomic E-state index is -4.44. The summed E-state index contributed by atoms with van der Waals surface area (Å²) in [6, 6.07) is -1.76. The van der Waals surface area contributed by atoms with Crippen molar-refractivity contribution in [2.75, 3.05) is 6.54 Å². The number of carbonyl (C=O) groups excluding carboxylic acids is 1. The minimum absolute atomic E-state index is 0.0644. The summed E-state index contributed by atoms with van der Waals surface area (Å²) < 4.78 is 41.4. The number of nitrogens with zero attached hydrogens (tertiary/aromatic N) is 4. The molecule has 1 aliphatic heterocycles. The average molecular weight is 348 g/mol. The molecule has 1 amide bonds. The first-order valence-electron chi connectivity index (χ1n) is 8.32. The number of rotatable bonds is 6. The summed E-state index contributed by atoms with van der Waals surface area (Å²) in [4.78, 5) is 25.4. The number of alkyl halides is 3. The normalized spacial score (nSPS) is 18.4. The van der Waals surface area contributed by atoms with Gasteiger partial charge in [-0.1, -0.05) is 13.3 Å². The lowest BCUT2D eigenvalue weighted by Gasteiger charge is -2.26. The number of amides is 1. The maximum Gasteiger partial charge on any atom is 0.408 e. The molecule has 0 N–H and O–H groups in total. The molecule has 0 saturated carbocycles. The lowest BCUT2D eigenvalue weighted by molar-refractivity contribution is -0.183. The van der Waals surface area contributed by atoms with Gasteiger partial charge in [-0.3, -0.25) is 9.36 Å². The van der Waals surface area contributed by atoms with Crippen LogP contribution >= 0.6 is 0 Å². The number of unbranched alkanes of at least 4 members (excludes halogenated alkanes) is 1. The highest BCUT2D eigenvalue weighted by atomic mass is 19.4. The second kappa shape index (κ2) is 7.40. The van der Waals surface area contributed by atoms with Gasteiger partial charge in [0.25, 0.3) is 0 Å². The van der Waals surface area contributed by atoms with Gasteiger partial charge in [0.2, 0.25) is 5.91 Å². The van der Waals surface area contributed by atoms with Gasteiger partial charge in [-0.15, -0.1) is 0 Å². The Balaban J connectivity index is 2.17. The second-order valence-corrected chi connectivity index (χ2v) is 5.99. The van der Waals surface area contributed by atoms with Gasteiger partial charge in [-0.2, -0.15) is 18.3 Å². The van der Waals surface area contributed by atoms with Crippen LogP contribution in [0.4, 0.5) is 13.2 Å². The molecule has 1 unspecified atom stereocenters. The molecular formula is C15H23F3N4O2. The van der Waals surface area contributed by atoms with Crippen LogP contribution in [0.5, 0.6) is 0 Å². The quantitative estimate of drug-likeness (QED) is 0.790. The topological polar surface area (TPSA) is 60.1 Å². The van der Waals surface area contributed by atoms with Gasteiger partial charge in [-0.25, -0.2) is 9.48 Å². The van der Waals surface area contributed by atoms with Gasteiger partial charge in [-0.05, 0) is 26.2 Å². The Morgan fingerprint density at radius 1 is 1.33 bits per heavy atom. The van der Waals surface area contributed by atoms with Crippen LogP contribution in [0, 0.1) is 0 Å². The molecule has 2 heterocycles. The predicted molar refractivity (Wildman–Crippen MR) is 81.6 cm³/mol. The Bertz CT molecular complexity index is 636. The largest absolute Gasteiger partial charge is 0.408 e. The Morgan fingerprint density at radius 3 is 2.62 bits per heavy atom. The molecule has 1 saturated heterocycles. The van der Waals surface area contributed by atoms with Gasteiger partial charge in [0, 0.05) is 19.5 Å². The van der Waals surface area contributed by atoms with E-state index in [2.05, 4.69) is 5.10 Å². The van der Waals surface area contributed by atoms with Crippen LogP contribution in [-0.2, 0) is 24.3 Å². The van der Waals surface area contributed by atoms with Gasteiger partial charge in [0.05, 0.1) is 0 Å². The van der Waals surface area contributed by atoms with Crippen LogP contribution in [0.3, 0.4) is 0 Å². The zero-order valence-electron chi connectivity index (χ0n) is 14.0. The number of hydrogen-bond donors (Lipinski definition) is 0. The van der Waals surface area contributed by atoms with E-state index in [-0.39, 0.29) is 13.0 Å². The number of aromatic nitrogens is 3. The minimum Gasteiger partial charge on any atom is -0.329 e. The van der Waals surface area contributed by atoms with E-state index >= 15 is 0 Å². The molecule has 136 valence electrons. The Hall–Kier alpha value is -1.80. The van der Waals surface area contributed by atoms with E-state index < -0.39 is 30.4 Å². The van der Waals surface area contributed by atoms with Gasteiger partial charge >= 0.3 is 11.9 Å². The van der Waals surface area contributed by atoms with E-state index in [1.807, 2.05) is 6.92 Å². The van der Waals surface area contributed by atoms with E-state index in [9.17, 15) is 22.8 Å². The van der Waals surface area contributed by atoms with Crippen LogP contribution in [0.15, 0.2) is 4.79 Å². The van der Waals surface area contributed by atoms with Crippen molar-refractivity contribution in [3.8, 4) is 0 Å². The lowest BCUT2D eigenvalue weighted by atomic mass is 10.2. The van der Waals surface area contributed by atoms with Gasteiger partial charge in [0.1, 0.15) is 18.4 Å². The molecule has 9 heteroatoms. The van der Waals surface area contributed by atoms with Crippen LogP contribution in [0.1, 0.15) is 45.4 Å². The molecule has 1 aromatic rings. The van der Waals surface area contributed by atoms with E-state index in [0.717, 1.165) is 22.4 Å². The lowest BCUT2D eigenvalue weighted by Crippen LogP contribution is -2.46. The fourth-order valence-corrected chi connectivity index (χ4v) is 3.05. The summed E-state index contributed by atoms with van der Waals surface area (Å²) in [5.41, 5.74) is -0.445. The van der Waals surface area contributed by atoms with Crippen LogP contribution in [0.2, 0.25) is 0 Å². The van der Waals surface area contributed by atoms with Crippen molar-refractivity contribution in [1.82, 2.24) is 19.2 Å². The SMILES string of the molecule is CCCCc1nn(CC(=O)N2CCCC2C(F)(F)F)c(=O)n1CC. The van der Waals surface area contributed by atoms with Crippen molar-refractivity contribution in [1.29, 1.82) is 0 Å². The first-order chi connectivity index (χ1) is 11.3. The van der Waals surface area contributed by atoms with Crippen molar-refractivity contribution in [2.45, 2.75) is 71.3 Å². The Morgan fingerprint density at radius 2 is 2.04 bits per heavy atom. The number of hydrogen-bond acceptors (Lipinski definition) is 3. The van der Waals surface area contributed by atoms with Gasteiger partial charge in [0.15, 0.2) is 0 Å². The smallest absolute Gasteiger partial charge is 0.329 e. The highest BCUT2D eigenvalue weighted by Crippen LogP contribution is 2.32. The summed E-state index contributed by atoms with van der Waals surface area (Å²) >= 11 is 0. The van der Waals surface area contributed by atoms with Crippen molar-refractivity contribution >= 4 is 5.91 Å². The van der Waals surface area contributed by atoms with E-state index in [1.165, 1.54) is 4.57 Å². The molecule has 24 heavy (non-hydrogen) atoms. The van der Waals surface area contributed by atoms with E-state index in [1.54, 1.807) is 6.92 Å².